The van der Waals surface area contributed by atoms with Gasteiger partial charge in [-0.3, -0.25) is 0 Å². The fraction of sp³-hybridized carbons (Fsp3) is 0.600. The van der Waals surface area contributed by atoms with Gasteiger partial charge in [-0.05, 0) is 31.0 Å². The largest absolute Gasteiger partial charge is 0.368 e. The van der Waals surface area contributed by atoms with Crippen LogP contribution in [0, 0.1) is 0 Å². The first-order chi connectivity index (χ1) is 9.17. The monoisotopic (exact) mass is 298 g/mol. The fourth-order valence-electron chi connectivity index (χ4n) is 3.46. The van der Waals surface area contributed by atoms with Gasteiger partial charge >= 0.3 is 0 Å². The summed E-state index contributed by atoms with van der Waals surface area (Å²) in [6.07, 6.45) is 6.65. The van der Waals surface area contributed by atoms with Crippen molar-refractivity contribution in [2.75, 3.05) is 24.5 Å². The normalized spacial score (nSPS) is 22.7. The second kappa shape index (κ2) is 5.51. The standard InChI is InChI=1S/C15H20Cl2N2/c16-12-8-13(17)10-14(9-12)19-7-6-18-15(11-19)4-2-1-3-5-15/h8-10,18H,1-7,11H2. The lowest BCUT2D eigenvalue weighted by atomic mass is 9.80. The van der Waals surface area contributed by atoms with Gasteiger partial charge in [0, 0.05) is 40.9 Å². The summed E-state index contributed by atoms with van der Waals surface area (Å²) in [6.45, 7) is 3.15. The van der Waals surface area contributed by atoms with Gasteiger partial charge in [0.1, 0.15) is 0 Å². The van der Waals surface area contributed by atoms with E-state index in [0.29, 0.717) is 5.54 Å². The molecule has 1 saturated heterocycles. The summed E-state index contributed by atoms with van der Waals surface area (Å²) < 4.78 is 0. The summed E-state index contributed by atoms with van der Waals surface area (Å²) in [5, 5.41) is 5.20. The predicted molar refractivity (Wildman–Crippen MR) is 82.5 cm³/mol. The molecule has 0 atom stereocenters. The number of hydrogen-bond donors (Lipinski definition) is 1. The molecule has 1 N–H and O–H groups in total. The Morgan fingerprint density at radius 1 is 1.00 bits per heavy atom. The number of nitrogens with zero attached hydrogens (tertiary/aromatic N) is 1. The Balaban J connectivity index is 1.80. The minimum Gasteiger partial charge on any atom is -0.368 e. The number of halogens is 2. The quantitative estimate of drug-likeness (QED) is 0.839. The second-order valence-electron chi connectivity index (χ2n) is 5.82. The summed E-state index contributed by atoms with van der Waals surface area (Å²) in [5.41, 5.74) is 1.47. The van der Waals surface area contributed by atoms with Crippen molar-refractivity contribution in [2.24, 2.45) is 0 Å². The van der Waals surface area contributed by atoms with Crippen LogP contribution in [0.5, 0.6) is 0 Å². The zero-order valence-corrected chi connectivity index (χ0v) is 12.6. The maximum absolute atomic E-state index is 6.12. The highest BCUT2D eigenvalue weighted by molar-refractivity contribution is 6.35. The number of rotatable bonds is 1. The first-order valence-electron chi connectivity index (χ1n) is 7.13. The molecule has 2 fully saturated rings. The van der Waals surface area contributed by atoms with E-state index in [1.807, 2.05) is 12.1 Å². The maximum Gasteiger partial charge on any atom is 0.0441 e. The van der Waals surface area contributed by atoms with Crippen LogP contribution in [0.4, 0.5) is 5.69 Å². The lowest BCUT2D eigenvalue weighted by molar-refractivity contribution is 0.216. The Kier molecular flexibility index (Phi) is 3.93. The van der Waals surface area contributed by atoms with Crippen molar-refractivity contribution >= 4 is 28.9 Å². The summed E-state index contributed by atoms with van der Waals surface area (Å²) >= 11 is 12.2. The lowest BCUT2D eigenvalue weighted by Crippen LogP contribution is -2.61. The summed E-state index contributed by atoms with van der Waals surface area (Å²) in [7, 11) is 0. The Bertz CT molecular complexity index is 430. The van der Waals surface area contributed by atoms with Gasteiger partial charge in [0.25, 0.3) is 0 Å². The third-order valence-corrected chi connectivity index (χ3v) is 4.83. The van der Waals surface area contributed by atoms with E-state index < -0.39 is 0 Å². The molecule has 4 heteroatoms. The molecule has 1 spiro atoms. The Hall–Kier alpha value is -0.440. The molecule has 1 heterocycles. The highest BCUT2D eigenvalue weighted by Crippen LogP contribution is 2.33. The van der Waals surface area contributed by atoms with Crippen molar-refractivity contribution in [1.82, 2.24) is 5.32 Å². The SMILES string of the molecule is Clc1cc(Cl)cc(N2CCNC3(CCCCC3)C2)c1. The van der Waals surface area contributed by atoms with Gasteiger partial charge in [-0.15, -0.1) is 0 Å². The first kappa shape index (κ1) is 13.5. The van der Waals surface area contributed by atoms with Crippen molar-refractivity contribution in [3.05, 3.63) is 28.2 Å². The van der Waals surface area contributed by atoms with E-state index >= 15 is 0 Å². The second-order valence-corrected chi connectivity index (χ2v) is 6.69. The van der Waals surface area contributed by atoms with Crippen molar-refractivity contribution in [1.29, 1.82) is 0 Å². The van der Waals surface area contributed by atoms with Crippen molar-refractivity contribution in [3.8, 4) is 0 Å². The van der Waals surface area contributed by atoms with E-state index in [4.69, 9.17) is 23.2 Å². The van der Waals surface area contributed by atoms with Crippen LogP contribution in [0.2, 0.25) is 10.0 Å². The number of nitrogens with one attached hydrogen (secondary N) is 1. The lowest BCUT2D eigenvalue weighted by Gasteiger charge is -2.47. The average Bonchev–Trinajstić information content (AvgIpc) is 2.38. The molecule has 0 radical (unpaired) electrons. The smallest absolute Gasteiger partial charge is 0.0441 e. The average molecular weight is 299 g/mol. The molecule has 1 aromatic carbocycles. The number of piperazine rings is 1. The minimum absolute atomic E-state index is 0.311. The van der Waals surface area contributed by atoms with Gasteiger partial charge < -0.3 is 10.2 Å². The van der Waals surface area contributed by atoms with Crippen LogP contribution in [0.3, 0.4) is 0 Å². The molecule has 2 nitrogen and oxygen atoms in total. The molecule has 2 aliphatic rings. The summed E-state index contributed by atoms with van der Waals surface area (Å²) in [4.78, 5) is 2.43. The summed E-state index contributed by atoms with van der Waals surface area (Å²) in [6, 6.07) is 5.84. The van der Waals surface area contributed by atoms with E-state index in [-0.39, 0.29) is 0 Å². The molecule has 0 amide bonds. The molecule has 1 aromatic rings. The molecule has 1 aliphatic carbocycles. The highest BCUT2D eigenvalue weighted by Gasteiger charge is 2.36. The van der Waals surface area contributed by atoms with Crippen molar-refractivity contribution in [3.63, 3.8) is 0 Å². The fourth-order valence-corrected chi connectivity index (χ4v) is 3.98. The molecule has 104 valence electrons. The van der Waals surface area contributed by atoms with E-state index in [9.17, 15) is 0 Å². The van der Waals surface area contributed by atoms with E-state index in [2.05, 4.69) is 10.2 Å². The van der Waals surface area contributed by atoms with Crippen molar-refractivity contribution in [2.45, 2.75) is 37.6 Å². The predicted octanol–water partition coefficient (Wildman–Crippen LogP) is 4.11. The third kappa shape index (κ3) is 3.01. The van der Waals surface area contributed by atoms with Crippen molar-refractivity contribution < 1.29 is 0 Å². The number of anilines is 1. The maximum atomic E-state index is 6.12. The molecular formula is C15H20Cl2N2. The molecule has 19 heavy (non-hydrogen) atoms. The molecule has 1 saturated carbocycles. The molecule has 0 unspecified atom stereocenters. The van der Waals surface area contributed by atoms with Gasteiger partial charge in [-0.2, -0.15) is 0 Å². The van der Waals surface area contributed by atoms with Crippen LogP contribution in [0.1, 0.15) is 32.1 Å². The van der Waals surface area contributed by atoms with E-state index in [1.165, 1.54) is 32.1 Å². The minimum atomic E-state index is 0.311. The molecular weight excluding hydrogens is 279 g/mol. The van der Waals surface area contributed by atoms with Gasteiger partial charge in [0.2, 0.25) is 0 Å². The van der Waals surface area contributed by atoms with E-state index in [1.54, 1.807) is 6.07 Å². The summed E-state index contributed by atoms with van der Waals surface area (Å²) in [5.74, 6) is 0. The molecule has 0 aromatic heterocycles. The topological polar surface area (TPSA) is 15.3 Å². The zero-order valence-electron chi connectivity index (χ0n) is 11.1. The van der Waals surface area contributed by atoms with Gasteiger partial charge in [-0.25, -0.2) is 0 Å². The number of hydrogen-bond acceptors (Lipinski definition) is 2. The van der Waals surface area contributed by atoms with Gasteiger partial charge in [0.05, 0.1) is 0 Å². The Morgan fingerprint density at radius 2 is 1.68 bits per heavy atom. The molecule has 0 bridgehead atoms. The Morgan fingerprint density at radius 3 is 2.37 bits per heavy atom. The van der Waals surface area contributed by atoms with Gasteiger partial charge in [0.15, 0.2) is 0 Å². The molecule has 1 aliphatic heterocycles. The zero-order chi connectivity index (χ0) is 13.3. The van der Waals surface area contributed by atoms with Gasteiger partial charge in [-0.1, -0.05) is 42.5 Å². The number of benzene rings is 1. The van der Waals surface area contributed by atoms with Crippen LogP contribution in [-0.2, 0) is 0 Å². The third-order valence-electron chi connectivity index (χ3n) is 4.40. The van der Waals surface area contributed by atoms with E-state index in [0.717, 1.165) is 35.4 Å². The Labute approximate surface area is 125 Å². The first-order valence-corrected chi connectivity index (χ1v) is 7.89. The van der Waals surface area contributed by atoms with Crippen LogP contribution in [0.25, 0.3) is 0 Å². The van der Waals surface area contributed by atoms with Crippen LogP contribution in [0.15, 0.2) is 18.2 Å². The molecule has 3 rings (SSSR count). The van der Waals surface area contributed by atoms with Crippen LogP contribution < -0.4 is 10.2 Å². The van der Waals surface area contributed by atoms with Crippen LogP contribution >= 0.6 is 23.2 Å². The van der Waals surface area contributed by atoms with Crippen LogP contribution in [-0.4, -0.2) is 25.2 Å². The highest BCUT2D eigenvalue weighted by atomic mass is 35.5.